The van der Waals surface area contributed by atoms with Gasteiger partial charge in [0.25, 0.3) is 10.0 Å². The van der Waals surface area contributed by atoms with Crippen LogP contribution in [0.25, 0.3) is 0 Å². The molecule has 0 aromatic carbocycles. The van der Waals surface area contributed by atoms with Crippen LogP contribution in [-0.4, -0.2) is 38.9 Å². The lowest BCUT2D eigenvalue weighted by Gasteiger charge is -2.19. The van der Waals surface area contributed by atoms with Gasteiger partial charge in [0.15, 0.2) is 0 Å². The zero-order valence-electron chi connectivity index (χ0n) is 11.7. The van der Waals surface area contributed by atoms with E-state index < -0.39 is 10.0 Å². The molecule has 1 aromatic rings. The molecule has 0 bridgehead atoms. The first-order valence-corrected chi connectivity index (χ1v) is 8.96. The summed E-state index contributed by atoms with van der Waals surface area (Å²) in [4.78, 5) is 1.12. The minimum Gasteiger partial charge on any atom is -0.319 e. The molecule has 19 heavy (non-hydrogen) atoms. The zero-order chi connectivity index (χ0) is 14.0. The molecule has 0 saturated carbocycles. The molecule has 6 heteroatoms. The minimum atomic E-state index is -3.29. The van der Waals surface area contributed by atoms with Crippen LogP contribution in [0.2, 0.25) is 0 Å². The van der Waals surface area contributed by atoms with E-state index in [-0.39, 0.29) is 6.04 Å². The normalized spacial score (nSPS) is 25.0. The SMILES string of the molecule is CNCCc1ccc(S(=O)(=O)N2CC(C)CC2C)s1. The molecule has 0 radical (unpaired) electrons. The highest BCUT2D eigenvalue weighted by atomic mass is 32.2. The molecule has 2 atom stereocenters. The van der Waals surface area contributed by atoms with Gasteiger partial charge in [-0.1, -0.05) is 6.92 Å². The van der Waals surface area contributed by atoms with Crippen molar-refractivity contribution in [1.29, 1.82) is 0 Å². The molecule has 0 amide bonds. The first-order valence-electron chi connectivity index (χ1n) is 6.70. The van der Waals surface area contributed by atoms with Crippen molar-refractivity contribution in [2.75, 3.05) is 20.1 Å². The van der Waals surface area contributed by atoms with Crippen molar-refractivity contribution in [1.82, 2.24) is 9.62 Å². The van der Waals surface area contributed by atoms with E-state index in [9.17, 15) is 8.42 Å². The average molecular weight is 302 g/mol. The molecule has 4 nitrogen and oxygen atoms in total. The van der Waals surface area contributed by atoms with Gasteiger partial charge in [-0.05, 0) is 51.4 Å². The highest BCUT2D eigenvalue weighted by molar-refractivity contribution is 7.91. The summed E-state index contributed by atoms with van der Waals surface area (Å²) in [5, 5.41) is 3.08. The Kier molecular flexibility index (Phi) is 4.66. The van der Waals surface area contributed by atoms with Gasteiger partial charge >= 0.3 is 0 Å². The minimum absolute atomic E-state index is 0.114. The van der Waals surface area contributed by atoms with Crippen LogP contribution in [0, 0.1) is 5.92 Å². The van der Waals surface area contributed by atoms with E-state index in [0.717, 1.165) is 24.3 Å². The van der Waals surface area contributed by atoms with Crippen molar-refractivity contribution >= 4 is 21.4 Å². The average Bonchev–Trinajstić information content (AvgIpc) is 2.93. The Morgan fingerprint density at radius 2 is 2.16 bits per heavy atom. The van der Waals surface area contributed by atoms with E-state index in [1.54, 1.807) is 10.4 Å². The fourth-order valence-electron chi connectivity index (χ4n) is 2.59. The Morgan fingerprint density at radius 3 is 2.74 bits per heavy atom. The van der Waals surface area contributed by atoms with Gasteiger partial charge in [0, 0.05) is 17.5 Å². The second kappa shape index (κ2) is 5.91. The summed E-state index contributed by atoms with van der Waals surface area (Å²) < 4.78 is 27.3. The van der Waals surface area contributed by atoms with Gasteiger partial charge in [-0.15, -0.1) is 11.3 Å². The Labute approximate surface area is 119 Å². The summed E-state index contributed by atoms with van der Waals surface area (Å²) in [6.45, 7) is 5.62. The van der Waals surface area contributed by atoms with Crippen molar-refractivity contribution in [3.63, 3.8) is 0 Å². The molecule has 1 N–H and O–H groups in total. The Balaban J connectivity index is 2.17. The molecule has 0 aliphatic carbocycles. The number of hydrogen-bond acceptors (Lipinski definition) is 4. The third-order valence-corrected chi connectivity index (χ3v) is 7.14. The fourth-order valence-corrected chi connectivity index (χ4v) is 5.84. The lowest BCUT2D eigenvalue weighted by Crippen LogP contribution is -2.33. The highest BCUT2D eigenvalue weighted by Gasteiger charge is 2.36. The molecular formula is C13H22N2O2S2. The third-order valence-electron chi connectivity index (χ3n) is 3.55. The standard InChI is InChI=1S/C13H22N2O2S2/c1-10-8-11(2)15(9-10)19(16,17)13-5-4-12(18-13)6-7-14-3/h4-5,10-11,14H,6-9H2,1-3H3. The van der Waals surface area contributed by atoms with E-state index in [0.29, 0.717) is 16.7 Å². The largest absolute Gasteiger partial charge is 0.319 e. The van der Waals surface area contributed by atoms with Crippen LogP contribution in [0.5, 0.6) is 0 Å². The van der Waals surface area contributed by atoms with Gasteiger partial charge in [0.2, 0.25) is 0 Å². The number of nitrogens with one attached hydrogen (secondary N) is 1. The number of hydrogen-bond donors (Lipinski definition) is 1. The molecular weight excluding hydrogens is 280 g/mol. The highest BCUT2D eigenvalue weighted by Crippen LogP contribution is 2.32. The second-order valence-electron chi connectivity index (χ2n) is 5.34. The van der Waals surface area contributed by atoms with Crippen LogP contribution in [0.3, 0.4) is 0 Å². The molecule has 1 aliphatic rings. The Bertz CT molecular complexity index is 525. The van der Waals surface area contributed by atoms with E-state index in [1.807, 2.05) is 20.0 Å². The fraction of sp³-hybridized carbons (Fsp3) is 0.692. The number of rotatable bonds is 5. The van der Waals surface area contributed by atoms with E-state index in [4.69, 9.17) is 0 Å². The maximum atomic E-state index is 12.6. The van der Waals surface area contributed by atoms with Gasteiger partial charge in [-0.2, -0.15) is 4.31 Å². The van der Waals surface area contributed by atoms with Crippen molar-refractivity contribution < 1.29 is 8.42 Å². The predicted octanol–water partition coefficient (Wildman–Crippen LogP) is 1.93. The third kappa shape index (κ3) is 3.18. The van der Waals surface area contributed by atoms with E-state index >= 15 is 0 Å². The smallest absolute Gasteiger partial charge is 0.252 e. The first kappa shape index (κ1) is 15.0. The predicted molar refractivity (Wildman–Crippen MR) is 79.1 cm³/mol. The Hall–Kier alpha value is -0.430. The number of sulfonamides is 1. The Morgan fingerprint density at radius 1 is 1.42 bits per heavy atom. The van der Waals surface area contributed by atoms with Gasteiger partial charge in [0.1, 0.15) is 4.21 Å². The maximum absolute atomic E-state index is 12.6. The molecule has 1 fully saturated rings. The summed E-state index contributed by atoms with van der Waals surface area (Å²) in [6.07, 6.45) is 1.83. The topological polar surface area (TPSA) is 49.4 Å². The van der Waals surface area contributed by atoms with Crippen LogP contribution in [0.15, 0.2) is 16.3 Å². The summed E-state index contributed by atoms with van der Waals surface area (Å²) in [5.41, 5.74) is 0. The number of likely N-dealkylation sites (N-methyl/N-ethyl adjacent to an activating group) is 1. The lowest BCUT2D eigenvalue weighted by atomic mass is 10.1. The van der Waals surface area contributed by atoms with Crippen molar-refractivity contribution in [3.8, 4) is 0 Å². The van der Waals surface area contributed by atoms with Gasteiger partial charge in [0.05, 0.1) is 0 Å². The quantitative estimate of drug-likeness (QED) is 0.904. The maximum Gasteiger partial charge on any atom is 0.252 e. The van der Waals surface area contributed by atoms with Gasteiger partial charge in [-0.25, -0.2) is 8.42 Å². The molecule has 1 saturated heterocycles. The van der Waals surface area contributed by atoms with Crippen molar-refractivity contribution in [3.05, 3.63) is 17.0 Å². The van der Waals surface area contributed by atoms with Crippen LogP contribution in [0.1, 0.15) is 25.1 Å². The van der Waals surface area contributed by atoms with Crippen LogP contribution < -0.4 is 5.32 Å². The van der Waals surface area contributed by atoms with Crippen LogP contribution >= 0.6 is 11.3 Å². The molecule has 2 heterocycles. The molecule has 2 rings (SSSR count). The molecule has 2 unspecified atom stereocenters. The van der Waals surface area contributed by atoms with Crippen LogP contribution in [0.4, 0.5) is 0 Å². The van der Waals surface area contributed by atoms with Crippen molar-refractivity contribution in [2.45, 2.75) is 36.9 Å². The summed E-state index contributed by atoms with van der Waals surface area (Å²) in [5.74, 6) is 0.452. The monoisotopic (exact) mass is 302 g/mol. The molecule has 108 valence electrons. The molecule has 0 spiro atoms. The van der Waals surface area contributed by atoms with E-state index in [1.165, 1.54) is 11.3 Å². The summed E-state index contributed by atoms with van der Waals surface area (Å²) >= 11 is 1.40. The number of thiophene rings is 1. The van der Waals surface area contributed by atoms with E-state index in [2.05, 4.69) is 12.2 Å². The molecule has 1 aliphatic heterocycles. The summed E-state index contributed by atoms with van der Waals surface area (Å²) in [6, 6.07) is 3.79. The van der Waals surface area contributed by atoms with Crippen LogP contribution in [-0.2, 0) is 16.4 Å². The van der Waals surface area contributed by atoms with Crippen molar-refractivity contribution in [2.24, 2.45) is 5.92 Å². The summed E-state index contributed by atoms with van der Waals surface area (Å²) in [7, 11) is -1.39. The zero-order valence-corrected chi connectivity index (χ0v) is 13.4. The lowest BCUT2D eigenvalue weighted by molar-refractivity contribution is 0.407. The van der Waals surface area contributed by atoms with Gasteiger partial charge < -0.3 is 5.32 Å². The van der Waals surface area contributed by atoms with Gasteiger partial charge in [-0.3, -0.25) is 0 Å². The number of nitrogens with zero attached hydrogens (tertiary/aromatic N) is 1. The molecule has 1 aromatic heterocycles. The second-order valence-corrected chi connectivity index (χ2v) is 8.62. The first-order chi connectivity index (χ1) is 8.95.